The summed E-state index contributed by atoms with van der Waals surface area (Å²) in [5, 5.41) is 8.73. The Kier molecular flexibility index (Phi) is 4.08. The lowest BCUT2D eigenvalue weighted by Crippen LogP contribution is -2.42. The van der Waals surface area contributed by atoms with Crippen LogP contribution in [-0.4, -0.2) is 18.0 Å². The number of anilines is 1. The molecule has 112 valence electrons. The van der Waals surface area contributed by atoms with Gasteiger partial charge in [-0.3, -0.25) is 4.79 Å². The molecule has 1 saturated carbocycles. The number of benzene rings is 1. The van der Waals surface area contributed by atoms with Gasteiger partial charge in [0.25, 0.3) is 0 Å². The minimum absolute atomic E-state index is 0.0325. The van der Waals surface area contributed by atoms with E-state index in [0.717, 1.165) is 29.7 Å². The molecule has 0 atom stereocenters. The number of hydrogen-bond acceptors (Lipinski definition) is 2. The Bertz CT molecular complexity index is 550. The molecule has 5 heteroatoms. The van der Waals surface area contributed by atoms with Gasteiger partial charge in [0.05, 0.1) is 6.42 Å². The van der Waals surface area contributed by atoms with Gasteiger partial charge in [-0.1, -0.05) is 31.4 Å². The third kappa shape index (κ3) is 3.54. The highest BCUT2D eigenvalue weighted by molar-refractivity contribution is 5.99. The first kappa shape index (κ1) is 13.9. The van der Waals surface area contributed by atoms with Gasteiger partial charge in [0.2, 0.25) is 5.91 Å². The first-order chi connectivity index (χ1) is 10.2. The zero-order valence-electron chi connectivity index (χ0n) is 12.1. The van der Waals surface area contributed by atoms with Crippen LogP contribution < -0.4 is 16.0 Å². The lowest BCUT2D eigenvalue weighted by Gasteiger charge is -2.22. The smallest absolute Gasteiger partial charge is 0.315 e. The first-order valence-corrected chi connectivity index (χ1v) is 7.67. The van der Waals surface area contributed by atoms with Gasteiger partial charge in [-0.2, -0.15) is 0 Å². The van der Waals surface area contributed by atoms with Crippen molar-refractivity contribution in [2.75, 3.05) is 5.32 Å². The maximum Gasteiger partial charge on any atom is 0.315 e. The summed E-state index contributed by atoms with van der Waals surface area (Å²) in [4.78, 5) is 23.2. The van der Waals surface area contributed by atoms with Gasteiger partial charge in [0.1, 0.15) is 0 Å². The van der Waals surface area contributed by atoms with Crippen LogP contribution in [-0.2, 0) is 17.8 Å². The molecule has 0 saturated heterocycles. The normalized spacial score (nSPS) is 18.0. The van der Waals surface area contributed by atoms with Crippen LogP contribution in [0, 0.1) is 0 Å². The number of fused-ring (bicyclic) bond motifs is 1. The molecule has 1 aliphatic carbocycles. The number of rotatable bonds is 3. The maximum absolute atomic E-state index is 11.9. The summed E-state index contributed by atoms with van der Waals surface area (Å²) < 4.78 is 0. The van der Waals surface area contributed by atoms with E-state index in [1.807, 2.05) is 18.2 Å². The van der Waals surface area contributed by atoms with Gasteiger partial charge >= 0.3 is 6.03 Å². The molecule has 0 unspecified atom stereocenters. The summed E-state index contributed by atoms with van der Waals surface area (Å²) in [5.74, 6) is 0.0325. The van der Waals surface area contributed by atoms with E-state index in [-0.39, 0.29) is 11.9 Å². The van der Waals surface area contributed by atoms with Crippen LogP contribution in [0.1, 0.15) is 43.2 Å². The molecule has 5 nitrogen and oxygen atoms in total. The van der Waals surface area contributed by atoms with Crippen LogP contribution in [0.15, 0.2) is 18.2 Å². The summed E-state index contributed by atoms with van der Waals surface area (Å²) in [6, 6.07) is 6.03. The van der Waals surface area contributed by atoms with Crippen LogP contribution in [0.4, 0.5) is 10.5 Å². The summed E-state index contributed by atoms with van der Waals surface area (Å²) >= 11 is 0. The summed E-state index contributed by atoms with van der Waals surface area (Å²) in [7, 11) is 0. The molecular formula is C16H21N3O2. The first-order valence-electron chi connectivity index (χ1n) is 7.67. The largest absolute Gasteiger partial charge is 0.335 e. The third-order valence-electron chi connectivity index (χ3n) is 4.19. The number of urea groups is 1. The van der Waals surface area contributed by atoms with Crippen molar-refractivity contribution in [3.63, 3.8) is 0 Å². The SMILES string of the molecule is O=C1Cc2cc(CNC(=O)NC3CCCCC3)ccc2N1. The molecule has 1 aromatic rings. The molecule has 0 radical (unpaired) electrons. The van der Waals surface area contributed by atoms with Crippen LogP contribution in [0.5, 0.6) is 0 Å². The molecule has 1 aromatic carbocycles. The van der Waals surface area contributed by atoms with E-state index in [9.17, 15) is 9.59 Å². The van der Waals surface area contributed by atoms with E-state index in [4.69, 9.17) is 0 Å². The zero-order valence-corrected chi connectivity index (χ0v) is 12.1. The molecular weight excluding hydrogens is 266 g/mol. The van der Waals surface area contributed by atoms with Crippen molar-refractivity contribution in [2.45, 2.75) is 51.1 Å². The minimum Gasteiger partial charge on any atom is -0.335 e. The quantitative estimate of drug-likeness (QED) is 0.798. The minimum atomic E-state index is -0.100. The Labute approximate surface area is 124 Å². The molecule has 1 heterocycles. The van der Waals surface area contributed by atoms with Gasteiger partial charge in [0, 0.05) is 18.3 Å². The number of carbonyl (C=O) groups excluding carboxylic acids is 2. The molecule has 1 fully saturated rings. The average molecular weight is 287 g/mol. The molecule has 3 N–H and O–H groups in total. The second-order valence-electron chi connectivity index (χ2n) is 5.88. The van der Waals surface area contributed by atoms with Crippen molar-refractivity contribution in [3.8, 4) is 0 Å². The summed E-state index contributed by atoms with van der Waals surface area (Å²) in [6.45, 7) is 0.486. The van der Waals surface area contributed by atoms with Crippen molar-refractivity contribution >= 4 is 17.6 Å². The van der Waals surface area contributed by atoms with Gasteiger partial charge in [-0.05, 0) is 30.0 Å². The van der Waals surface area contributed by atoms with Crippen LogP contribution in [0.3, 0.4) is 0 Å². The van der Waals surface area contributed by atoms with Gasteiger partial charge in [0.15, 0.2) is 0 Å². The standard InChI is InChI=1S/C16H21N3O2/c20-15-9-12-8-11(6-7-14(12)19-15)10-17-16(21)18-13-4-2-1-3-5-13/h6-8,13H,1-5,9-10H2,(H,19,20)(H2,17,18,21). The number of amides is 3. The Balaban J connectivity index is 1.49. The maximum atomic E-state index is 11.9. The molecule has 21 heavy (non-hydrogen) atoms. The Morgan fingerprint density at radius 3 is 2.86 bits per heavy atom. The van der Waals surface area contributed by atoms with Gasteiger partial charge < -0.3 is 16.0 Å². The molecule has 2 aliphatic rings. The molecule has 3 rings (SSSR count). The zero-order chi connectivity index (χ0) is 14.7. The number of carbonyl (C=O) groups is 2. The fourth-order valence-electron chi connectivity index (χ4n) is 3.06. The van der Waals surface area contributed by atoms with Crippen molar-refractivity contribution in [1.82, 2.24) is 10.6 Å². The predicted molar refractivity (Wildman–Crippen MR) is 81.0 cm³/mol. The molecule has 3 amide bonds. The number of nitrogens with one attached hydrogen (secondary N) is 3. The fourth-order valence-corrected chi connectivity index (χ4v) is 3.06. The Morgan fingerprint density at radius 1 is 1.24 bits per heavy atom. The molecule has 0 spiro atoms. The van der Waals surface area contributed by atoms with Crippen molar-refractivity contribution < 1.29 is 9.59 Å². The number of hydrogen-bond donors (Lipinski definition) is 3. The second-order valence-corrected chi connectivity index (χ2v) is 5.88. The molecule has 0 bridgehead atoms. The van der Waals surface area contributed by atoms with Crippen LogP contribution in [0.2, 0.25) is 0 Å². The van der Waals surface area contributed by atoms with Crippen molar-refractivity contribution in [2.24, 2.45) is 0 Å². The molecule has 0 aromatic heterocycles. The highest BCUT2D eigenvalue weighted by Gasteiger charge is 2.18. The van der Waals surface area contributed by atoms with Gasteiger partial charge in [-0.25, -0.2) is 4.79 Å². The second kappa shape index (κ2) is 6.16. The topological polar surface area (TPSA) is 70.2 Å². The van der Waals surface area contributed by atoms with Crippen molar-refractivity contribution in [1.29, 1.82) is 0 Å². The highest BCUT2D eigenvalue weighted by atomic mass is 16.2. The Hall–Kier alpha value is -2.04. The fraction of sp³-hybridized carbons (Fsp3) is 0.500. The van der Waals surface area contributed by atoms with E-state index in [2.05, 4.69) is 16.0 Å². The van der Waals surface area contributed by atoms with Gasteiger partial charge in [-0.15, -0.1) is 0 Å². The van der Waals surface area contributed by atoms with Crippen LogP contribution in [0.25, 0.3) is 0 Å². The summed E-state index contributed by atoms with van der Waals surface area (Å²) in [6.07, 6.45) is 6.28. The molecule has 1 aliphatic heterocycles. The van der Waals surface area contributed by atoms with E-state index < -0.39 is 0 Å². The van der Waals surface area contributed by atoms with Crippen molar-refractivity contribution in [3.05, 3.63) is 29.3 Å². The average Bonchev–Trinajstić information content (AvgIpc) is 2.85. The predicted octanol–water partition coefficient (Wildman–Crippen LogP) is 2.31. The van der Waals surface area contributed by atoms with E-state index >= 15 is 0 Å². The highest BCUT2D eigenvalue weighted by Crippen LogP contribution is 2.23. The van der Waals surface area contributed by atoms with E-state index in [0.29, 0.717) is 19.0 Å². The lowest BCUT2D eigenvalue weighted by molar-refractivity contribution is -0.115. The van der Waals surface area contributed by atoms with E-state index in [1.165, 1.54) is 19.3 Å². The van der Waals surface area contributed by atoms with Crippen LogP contribution >= 0.6 is 0 Å². The monoisotopic (exact) mass is 287 g/mol. The van der Waals surface area contributed by atoms with E-state index in [1.54, 1.807) is 0 Å². The Morgan fingerprint density at radius 2 is 2.05 bits per heavy atom. The third-order valence-corrected chi connectivity index (χ3v) is 4.19. The summed E-state index contributed by atoms with van der Waals surface area (Å²) in [5.41, 5.74) is 2.91. The lowest BCUT2D eigenvalue weighted by atomic mass is 9.96.